The first kappa shape index (κ1) is 19.2. The maximum Gasteiger partial charge on any atom is 0.349 e. The molecule has 0 aliphatic rings. The van der Waals surface area contributed by atoms with Crippen molar-refractivity contribution in [3.05, 3.63) is 69.0 Å². The highest BCUT2D eigenvalue weighted by molar-refractivity contribution is 7.17. The Morgan fingerprint density at radius 3 is 2.64 bits per heavy atom. The summed E-state index contributed by atoms with van der Waals surface area (Å²) in [5.41, 5.74) is 1.15. The van der Waals surface area contributed by atoms with E-state index < -0.39 is 29.2 Å². The van der Waals surface area contributed by atoms with Crippen molar-refractivity contribution in [3.8, 4) is 5.69 Å². The van der Waals surface area contributed by atoms with Gasteiger partial charge in [-0.1, -0.05) is 11.3 Å². The second-order valence-electron chi connectivity index (χ2n) is 5.58. The molecule has 0 aliphatic carbocycles. The first-order valence-corrected chi connectivity index (χ1v) is 8.69. The number of carbonyl (C=O) groups excluding carboxylic acids is 2. The smallest absolute Gasteiger partial charge is 0.349 e. The third-order valence-corrected chi connectivity index (χ3v) is 4.49. The van der Waals surface area contributed by atoms with E-state index in [-0.39, 0.29) is 9.88 Å². The first-order valence-electron chi connectivity index (χ1n) is 7.87. The molecule has 144 valence electrons. The van der Waals surface area contributed by atoms with Crippen LogP contribution in [0.2, 0.25) is 0 Å². The SMILES string of the molecule is Cc1cc(NC(=O)COC(=O)c2ccc([N+](=O)[O-])s2)n(-c2ccc(F)cc2)n1. The van der Waals surface area contributed by atoms with Crippen LogP contribution in [0.4, 0.5) is 15.2 Å². The third-order valence-electron chi connectivity index (χ3n) is 3.48. The maximum atomic E-state index is 13.1. The zero-order valence-electron chi connectivity index (χ0n) is 14.4. The molecule has 0 bridgehead atoms. The molecule has 1 aromatic carbocycles. The third kappa shape index (κ3) is 4.38. The number of ether oxygens (including phenoxy) is 1. The van der Waals surface area contributed by atoms with Gasteiger partial charge in [-0.25, -0.2) is 13.9 Å². The molecule has 0 unspecified atom stereocenters. The molecule has 1 amide bonds. The number of hydrogen-bond donors (Lipinski definition) is 1. The molecular formula is C17H13FN4O5S. The predicted octanol–water partition coefficient (Wildman–Crippen LogP) is 3.09. The maximum absolute atomic E-state index is 13.1. The Balaban J connectivity index is 1.64. The Hall–Kier alpha value is -3.60. The van der Waals surface area contributed by atoms with Crippen molar-refractivity contribution in [1.29, 1.82) is 0 Å². The molecule has 0 fully saturated rings. The number of rotatable bonds is 6. The summed E-state index contributed by atoms with van der Waals surface area (Å²) in [6, 6.07) is 9.58. The van der Waals surface area contributed by atoms with Crippen LogP contribution in [-0.2, 0) is 9.53 Å². The lowest BCUT2D eigenvalue weighted by atomic mass is 10.3. The van der Waals surface area contributed by atoms with Crippen molar-refractivity contribution in [3.63, 3.8) is 0 Å². The van der Waals surface area contributed by atoms with Crippen molar-refractivity contribution in [2.75, 3.05) is 11.9 Å². The number of hydrogen-bond acceptors (Lipinski definition) is 7. The van der Waals surface area contributed by atoms with Gasteiger partial charge in [-0.15, -0.1) is 0 Å². The van der Waals surface area contributed by atoms with Gasteiger partial charge in [0.1, 0.15) is 16.5 Å². The second-order valence-corrected chi connectivity index (χ2v) is 6.64. The molecular weight excluding hydrogens is 391 g/mol. The van der Waals surface area contributed by atoms with E-state index >= 15 is 0 Å². The highest BCUT2D eigenvalue weighted by Gasteiger charge is 2.18. The number of esters is 1. The topological polar surface area (TPSA) is 116 Å². The molecule has 0 saturated heterocycles. The standard InChI is InChI=1S/C17H13FN4O5S/c1-10-8-14(21(20-10)12-4-2-11(18)3-5-12)19-15(23)9-27-17(24)13-6-7-16(28-13)22(25)26/h2-8H,9H2,1H3,(H,19,23). The summed E-state index contributed by atoms with van der Waals surface area (Å²) < 4.78 is 19.4. The van der Waals surface area contributed by atoms with E-state index in [1.807, 2.05) is 0 Å². The van der Waals surface area contributed by atoms with E-state index in [0.717, 1.165) is 0 Å². The molecule has 9 nitrogen and oxygen atoms in total. The summed E-state index contributed by atoms with van der Waals surface area (Å²) in [4.78, 5) is 34.1. The number of aryl methyl sites for hydroxylation is 1. The number of aromatic nitrogens is 2. The molecule has 2 heterocycles. The Morgan fingerprint density at radius 2 is 2.00 bits per heavy atom. The minimum absolute atomic E-state index is 0.0201. The van der Waals surface area contributed by atoms with Crippen molar-refractivity contribution in [2.24, 2.45) is 0 Å². The summed E-state index contributed by atoms with van der Waals surface area (Å²) >= 11 is 0.659. The van der Waals surface area contributed by atoms with Crippen molar-refractivity contribution < 1.29 is 23.6 Å². The Labute approximate surface area is 161 Å². The largest absolute Gasteiger partial charge is 0.451 e. The van der Waals surface area contributed by atoms with E-state index in [2.05, 4.69) is 10.4 Å². The van der Waals surface area contributed by atoms with Crippen molar-refractivity contribution >= 4 is 34.0 Å². The molecule has 0 atom stereocenters. The van der Waals surface area contributed by atoms with Crippen LogP contribution in [0, 0.1) is 22.9 Å². The first-order chi connectivity index (χ1) is 13.3. The zero-order chi connectivity index (χ0) is 20.3. The molecule has 0 radical (unpaired) electrons. The molecule has 3 aromatic rings. The quantitative estimate of drug-likeness (QED) is 0.383. The fourth-order valence-electron chi connectivity index (χ4n) is 2.28. The van der Waals surface area contributed by atoms with Gasteiger partial charge in [0.25, 0.3) is 5.91 Å². The lowest BCUT2D eigenvalue weighted by Gasteiger charge is -2.09. The van der Waals surface area contributed by atoms with Gasteiger partial charge in [0.2, 0.25) is 0 Å². The average Bonchev–Trinajstić information content (AvgIpc) is 3.28. The molecule has 11 heteroatoms. The summed E-state index contributed by atoms with van der Waals surface area (Å²) in [6.07, 6.45) is 0. The van der Waals surface area contributed by atoms with Crippen LogP contribution < -0.4 is 5.32 Å². The van der Waals surface area contributed by atoms with Gasteiger partial charge in [0.05, 0.1) is 16.3 Å². The van der Waals surface area contributed by atoms with Crippen LogP contribution in [-0.4, -0.2) is 33.2 Å². The minimum Gasteiger partial charge on any atom is -0.451 e. The van der Waals surface area contributed by atoms with Gasteiger partial charge >= 0.3 is 11.0 Å². The fourth-order valence-corrected chi connectivity index (χ4v) is 3.00. The van der Waals surface area contributed by atoms with Crippen LogP contribution in [0.25, 0.3) is 5.69 Å². The minimum atomic E-state index is -0.837. The van der Waals surface area contributed by atoms with E-state index in [1.54, 1.807) is 13.0 Å². The van der Waals surface area contributed by atoms with E-state index in [1.165, 1.54) is 41.1 Å². The predicted molar refractivity (Wildman–Crippen MR) is 98.1 cm³/mol. The van der Waals surface area contributed by atoms with Crippen molar-refractivity contribution in [2.45, 2.75) is 6.92 Å². The van der Waals surface area contributed by atoms with E-state index in [9.17, 15) is 24.1 Å². The number of benzene rings is 1. The zero-order valence-corrected chi connectivity index (χ0v) is 15.2. The number of amides is 1. The van der Waals surface area contributed by atoms with Crippen molar-refractivity contribution in [1.82, 2.24) is 9.78 Å². The number of halogens is 1. The molecule has 0 aliphatic heterocycles. The summed E-state index contributed by atoms with van der Waals surface area (Å²) in [7, 11) is 0. The second kappa shape index (κ2) is 7.96. The van der Waals surface area contributed by atoms with Gasteiger partial charge in [0, 0.05) is 12.1 Å². The normalized spacial score (nSPS) is 10.5. The van der Waals surface area contributed by atoms with Gasteiger partial charge in [-0.3, -0.25) is 14.9 Å². The monoisotopic (exact) mass is 404 g/mol. The number of carbonyl (C=O) groups is 2. The highest BCUT2D eigenvalue weighted by Crippen LogP contribution is 2.24. The summed E-state index contributed by atoms with van der Waals surface area (Å²) in [5, 5.41) is 17.2. The van der Waals surface area contributed by atoms with Crippen LogP contribution in [0.5, 0.6) is 0 Å². The number of nitro groups is 1. The van der Waals surface area contributed by atoms with Crippen LogP contribution in [0.3, 0.4) is 0 Å². The number of thiophene rings is 1. The van der Waals surface area contributed by atoms with E-state index in [0.29, 0.717) is 28.5 Å². The van der Waals surface area contributed by atoms with Crippen LogP contribution in [0.15, 0.2) is 42.5 Å². The Morgan fingerprint density at radius 1 is 1.29 bits per heavy atom. The molecule has 2 aromatic heterocycles. The fraction of sp³-hybridized carbons (Fsp3) is 0.118. The molecule has 0 saturated carbocycles. The molecule has 28 heavy (non-hydrogen) atoms. The molecule has 0 spiro atoms. The van der Waals surface area contributed by atoms with Crippen LogP contribution in [0.1, 0.15) is 15.4 Å². The lowest BCUT2D eigenvalue weighted by Crippen LogP contribution is -2.22. The summed E-state index contributed by atoms with van der Waals surface area (Å²) in [6.45, 7) is 1.14. The number of nitrogens with zero attached hydrogens (tertiary/aromatic N) is 3. The van der Waals surface area contributed by atoms with Gasteiger partial charge in [0.15, 0.2) is 6.61 Å². The number of nitrogens with one attached hydrogen (secondary N) is 1. The molecule has 1 N–H and O–H groups in total. The van der Waals surface area contributed by atoms with Crippen LogP contribution >= 0.6 is 11.3 Å². The van der Waals surface area contributed by atoms with Gasteiger partial charge in [-0.05, 0) is 37.3 Å². The lowest BCUT2D eigenvalue weighted by molar-refractivity contribution is -0.380. The summed E-state index contributed by atoms with van der Waals surface area (Å²) in [5.74, 6) is -1.55. The Kier molecular flexibility index (Phi) is 5.45. The average molecular weight is 404 g/mol. The Bertz CT molecular complexity index is 1040. The van der Waals surface area contributed by atoms with Gasteiger partial charge in [-0.2, -0.15) is 5.10 Å². The molecule has 3 rings (SSSR count). The number of anilines is 1. The van der Waals surface area contributed by atoms with E-state index in [4.69, 9.17) is 4.74 Å². The highest BCUT2D eigenvalue weighted by atomic mass is 32.1. The van der Waals surface area contributed by atoms with Gasteiger partial charge < -0.3 is 10.1 Å².